The Bertz CT molecular complexity index is 530. The number of hydrogen-bond donors (Lipinski definition) is 1. The van der Waals surface area contributed by atoms with Crippen molar-refractivity contribution >= 4 is 5.69 Å². The summed E-state index contributed by atoms with van der Waals surface area (Å²) in [5, 5.41) is 7.69. The molecule has 1 aromatic carbocycles. The maximum Gasteiger partial charge on any atom is 0.124 e. The van der Waals surface area contributed by atoms with Crippen molar-refractivity contribution < 1.29 is 9.47 Å². The van der Waals surface area contributed by atoms with E-state index in [-0.39, 0.29) is 0 Å². The Labute approximate surface area is 119 Å². The molecule has 0 aliphatic carbocycles. The van der Waals surface area contributed by atoms with Crippen LogP contribution in [0.4, 0.5) is 5.69 Å². The first-order chi connectivity index (χ1) is 9.76. The van der Waals surface area contributed by atoms with E-state index in [1.54, 1.807) is 14.2 Å². The third kappa shape index (κ3) is 3.44. The normalized spacial score (nSPS) is 10.3. The number of rotatable bonds is 7. The fourth-order valence-corrected chi connectivity index (χ4v) is 2.03. The molecule has 0 unspecified atom stereocenters. The van der Waals surface area contributed by atoms with E-state index in [0.717, 1.165) is 42.4 Å². The zero-order valence-electron chi connectivity index (χ0n) is 12.2. The number of aromatic nitrogens is 2. The van der Waals surface area contributed by atoms with Gasteiger partial charge in [-0.1, -0.05) is 6.92 Å². The van der Waals surface area contributed by atoms with E-state index in [1.165, 1.54) is 0 Å². The zero-order valence-corrected chi connectivity index (χ0v) is 12.2. The lowest BCUT2D eigenvalue weighted by Crippen LogP contribution is -2.09. The lowest BCUT2D eigenvalue weighted by Gasteiger charge is -2.11. The van der Waals surface area contributed by atoms with Crippen LogP contribution in [-0.2, 0) is 13.1 Å². The molecule has 0 atom stereocenters. The molecular weight excluding hydrogens is 254 g/mol. The molecule has 5 nitrogen and oxygen atoms in total. The van der Waals surface area contributed by atoms with Crippen molar-refractivity contribution in [1.29, 1.82) is 0 Å². The molecule has 0 spiro atoms. The summed E-state index contributed by atoms with van der Waals surface area (Å²) in [4.78, 5) is 0. The average Bonchev–Trinajstić information content (AvgIpc) is 2.92. The lowest BCUT2D eigenvalue weighted by molar-refractivity contribution is 0.394. The summed E-state index contributed by atoms with van der Waals surface area (Å²) in [6.45, 7) is 3.80. The number of ether oxygens (including phenoxy) is 2. The molecule has 0 aliphatic rings. The van der Waals surface area contributed by atoms with Crippen molar-refractivity contribution in [1.82, 2.24) is 9.78 Å². The monoisotopic (exact) mass is 275 g/mol. The lowest BCUT2D eigenvalue weighted by atomic mass is 10.2. The standard InChI is InChI=1S/C15H21N3O2/c1-4-7-18-13(5-6-17-18)11-16-12-8-14(19-2)10-15(9-12)20-3/h5-6,8-10,16H,4,7,11H2,1-3H3. The van der Waals surface area contributed by atoms with E-state index in [9.17, 15) is 0 Å². The maximum atomic E-state index is 5.26. The molecule has 0 radical (unpaired) electrons. The van der Waals surface area contributed by atoms with Crippen molar-refractivity contribution in [3.8, 4) is 11.5 Å². The molecule has 2 rings (SSSR count). The highest BCUT2D eigenvalue weighted by atomic mass is 16.5. The van der Waals surface area contributed by atoms with Gasteiger partial charge < -0.3 is 14.8 Å². The molecule has 0 amide bonds. The summed E-state index contributed by atoms with van der Waals surface area (Å²) in [6, 6.07) is 7.78. The van der Waals surface area contributed by atoms with Gasteiger partial charge in [-0.15, -0.1) is 0 Å². The summed E-state index contributed by atoms with van der Waals surface area (Å²) in [5.74, 6) is 1.54. The van der Waals surface area contributed by atoms with E-state index in [1.807, 2.05) is 35.1 Å². The maximum absolute atomic E-state index is 5.26. The van der Waals surface area contributed by atoms with Gasteiger partial charge in [0.15, 0.2) is 0 Å². The van der Waals surface area contributed by atoms with Crippen LogP contribution in [0.1, 0.15) is 19.0 Å². The molecule has 1 heterocycles. The molecule has 0 saturated carbocycles. The molecule has 20 heavy (non-hydrogen) atoms. The molecular formula is C15H21N3O2. The topological polar surface area (TPSA) is 48.3 Å². The Kier molecular flexibility index (Phi) is 4.87. The van der Waals surface area contributed by atoms with Crippen LogP contribution in [-0.4, -0.2) is 24.0 Å². The number of hydrogen-bond acceptors (Lipinski definition) is 4. The Balaban J connectivity index is 2.08. The van der Waals surface area contributed by atoms with E-state index < -0.39 is 0 Å². The molecule has 1 aromatic heterocycles. The van der Waals surface area contributed by atoms with Gasteiger partial charge in [0.2, 0.25) is 0 Å². The van der Waals surface area contributed by atoms with Crippen molar-refractivity contribution in [3.63, 3.8) is 0 Å². The van der Waals surface area contributed by atoms with Crippen LogP contribution in [0, 0.1) is 0 Å². The first kappa shape index (κ1) is 14.2. The number of nitrogens with zero attached hydrogens (tertiary/aromatic N) is 2. The minimum Gasteiger partial charge on any atom is -0.497 e. The highest BCUT2D eigenvalue weighted by molar-refractivity contribution is 5.53. The molecule has 108 valence electrons. The van der Waals surface area contributed by atoms with Crippen molar-refractivity contribution in [2.45, 2.75) is 26.4 Å². The highest BCUT2D eigenvalue weighted by Gasteiger charge is 2.04. The average molecular weight is 275 g/mol. The summed E-state index contributed by atoms with van der Waals surface area (Å²) >= 11 is 0. The molecule has 0 saturated heterocycles. The minimum atomic E-state index is 0.719. The fourth-order valence-electron chi connectivity index (χ4n) is 2.03. The Hall–Kier alpha value is -2.17. The molecule has 5 heteroatoms. The number of nitrogens with one attached hydrogen (secondary N) is 1. The Morgan fingerprint density at radius 1 is 1.15 bits per heavy atom. The van der Waals surface area contributed by atoms with Crippen LogP contribution in [0.15, 0.2) is 30.5 Å². The first-order valence-corrected chi connectivity index (χ1v) is 6.74. The Morgan fingerprint density at radius 2 is 1.85 bits per heavy atom. The van der Waals surface area contributed by atoms with Gasteiger partial charge in [0.1, 0.15) is 11.5 Å². The molecule has 0 fully saturated rings. The number of aryl methyl sites for hydroxylation is 1. The van der Waals surface area contributed by atoms with Crippen LogP contribution in [0.25, 0.3) is 0 Å². The van der Waals surface area contributed by atoms with Gasteiger partial charge in [0.25, 0.3) is 0 Å². The predicted octanol–water partition coefficient (Wildman–Crippen LogP) is 2.92. The van der Waals surface area contributed by atoms with Gasteiger partial charge >= 0.3 is 0 Å². The van der Waals surface area contributed by atoms with Crippen LogP contribution in [0.5, 0.6) is 11.5 Å². The van der Waals surface area contributed by atoms with Crippen LogP contribution in [0.2, 0.25) is 0 Å². The zero-order chi connectivity index (χ0) is 14.4. The second kappa shape index (κ2) is 6.84. The second-order valence-electron chi connectivity index (χ2n) is 4.50. The number of anilines is 1. The first-order valence-electron chi connectivity index (χ1n) is 6.74. The summed E-state index contributed by atoms with van der Waals surface area (Å²) in [6.07, 6.45) is 2.90. The van der Waals surface area contributed by atoms with Gasteiger partial charge in [-0.3, -0.25) is 4.68 Å². The van der Waals surface area contributed by atoms with E-state index in [2.05, 4.69) is 17.3 Å². The third-order valence-corrected chi connectivity index (χ3v) is 3.06. The van der Waals surface area contributed by atoms with E-state index in [0.29, 0.717) is 0 Å². The highest BCUT2D eigenvalue weighted by Crippen LogP contribution is 2.26. The molecule has 1 N–H and O–H groups in total. The van der Waals surface area contributed by atoms with Crippen molar-refractivity contribution in [2.75, 3.05) is 19.5 Å². The summed E-state index contributed by atoms with van der Waals surface area (Å²) in [7, 11) is 3.30. The SMILES string of the molecule is CCCn1nccc1CNc1cc(OC)cc(OC)c1. The number of methoxy groups -OCH3 is 2. The molecule has 0 aliphatic heterocycles. The van der Waals surface area contributed by atoms with E-state index >= 15 is 0 Å². The largest absolute Gasteiger partial charge is 0.497 e. The van der Waals surface area contributed by atoms with Gasteiger partial charge in [-0.25, -0.2) is 0 Å². The van der Waals surface area contributed by atoms with Gasteiger partial charge in [0, 0.05) is 36.6 Å². The molecule has 2 aromatic rings. The van der Waals surface area contributed by atoms with Crippen molar-refractivity contribution in [2.24, 2.45) is 0 Å². The van der Waals surface area contributed by atoms with Crippen LogP contribution in [0.3, 0.4) is 0 Å². The molecule has 0 bridgehead atoms. The second-order valence-corrected chi connectivity index (χ2v) is 4.50. The van der Waals surface area contributed by atoms with Crippen LogP contribution < -0.4 is 14.8 Å². The quantitative estimate of drug-likeness (QED) is 0.844. The van der Waals surface area contributed by atoms with Crippen LogP contribution >= 0.6 is 0 Å². The summed E-state index contributed by atoms with van der Waals surface area (Å²) < 4.78 is 12.5. The minimum absolute atomic E-state index is 0.719. The third-order valence-electron chi connectivity index (χ3n) is 3.06. The van der Waals surface area contributed by atoms with Crippen molar-refractivity contribution in [3.05, 3.63) is 36.2 Å². The van der Waals surface area contributed by atoms with Gasteiger partial charge in [-0.2, -0.15) is 5.10 Å². The predicted molar refractivity (Wildman–Crippen MR) is 79.4 cm³/mol. The van der Waals surface area contributed by atoms with E-state index in [4.69, 9.17) is 9.47 Å². The van der Waals surface area contributed by atoms with Gasteiger partial charge in [0.05, 0.1) is 26.5 Å². The smallest absolute Gasteiger partial charge is 0.124 e. The summed E-state index contributed by atoms with van der Waals surface area (Å²) in [5.41, 5.74) is 2.12. The number of benzene rings is 1. The fraction of sp³-hybridized carbons (Fsp3) is 0.400. The van der Waals surface area contributed by atoms with Gasteiger partial charge in [-0.05, 0) is 12.5 Å². The Morgan fingerprint density at radius 3 is 2.45 bits per heavy atom.